The van der Waals surface area contributed by atoms with Crippen LogP contribution in [0.3, 0.4) is 0 Å². The van der Waals surface area contributed by atoms with Gasteiger partial charge in [-0.1, -0.05) is 18.2 Å². The summed E-state index contributed by atoms with van der Waals surface area (Å²) in [7, 11) is 0. The molecule has 0 fully saturated rings. The lowest BCUT2D eigenvalue weighted by Gasteiger charge is -2.14. The fourth-order valence-corrected chi connectivity index (χ4v) is 2.84. The highest BCUT2D eigenvalue weighted by Crippen LogP contribution is 2.37. The van der Waals surface area contributed by atoms with Crippen LogP contribution in [0, 0.1) is 0 Å². The first kappa shape index (κ1) is 10.0. The maximum atomic E-state index is 9.19. The van der Waals surface area contributed by atoms with Crippen molar-refractivity contribution >= 4 is 11.8 Å². The van der Waals surface area contributed by atoms with E-state index in [-0.39, 0.29) is 6.10 Å². The van der Waals surface area contributed by atoms with E-state index in [4.69, 9.17) is 0 Å². The van der Waals surface area contributed by atoms with E-state index in [1.165, 1.54) is 10.5 Å². The maximum absolute atomic E-state index is 9.19. The summed E-state index contributed by atoms with van der Waals surface area (Å²) >= 11 is 1.88. The predicted molar refractivity (Wildman–Crippen MR) is 59.6 cm³/mol. The first-order valence-electron chi connectivity index (χ1n) is 4.90. The average molecular weight is 209 g/mol. The molecule has 2 N–H and O–H groups in total. The number of aliphatic hydroxyl groups excluding tert-OH is 1. The van der Waals surface area contributed by atoms with Gasteiger partial charge in [0.2, 0.25) is 0 Å². The van der Waals surface area contributed by atoms with Crippen LogP contribution < -0.4 is 5.32 Å². The van der Waals surface area contributed by atoms with Crippen LogP contribution in [0.25, 0.3) is 0 Å². The van der Waals surface area contributed by atoms with E-state index >= 15 is 0 Å². The van der Waals surface area contributed by atoms with Gasteiger partial charge in [-0.2, -0.15) is 0 Å². The Morgan fingerprint density at radius 3 is 3.14 bits per heavy atom. The van der Waals surface area contributed by atoms with Gasteiger partial charge in [-0.05, 0) is 18.6 Å². The van der Waals surface area contributed by atoms with E-state index in [2.05, 4.69) is 29.6 Å². The van der Waals surface area contributed by atoms with Crippen LogP contribution in [-0.4, -0.2) is 23.5 Å². The van der Waals surface area contributed by atoms with Crippen molar-refractivity contribution in [3.8, 4) is 0 Å². The Morgan fingerprint density at radius 2 is 2.36 bits per heavy atom. The molecule has 3 heteroatoms. The molecule has 1 aromatic carbocycles. The van der Waals surface area contributed by atoms with E-state index in [9.17, 15) is 5.11 Å². The standard InChI is InChI=1S/C11H15NOS/c1-8(13)6-12-10-7-14-11-5-3-2-4-9(10)11/h2-5,8,10,12-13H,6-7H2,1H3. The summed E-state index contributed by atoms with van der Waals surface area (Å²) < 4.78 is 0. The number of fused-ring (bicyclic) bond motifs is 1. The number of benzene rings is 1. The molecule has 0 amide bonds. The molecule has 2 nitrogen and oxygen atoms in total. The largest absolute Gasteiger partial charge is 0.392 e. The zero-order valence-electron chi connectivity index (χ0n) is 8.23. The van der Waals surface area contributed by atoms with E-state index in [1.54, 1.807) is 6.92 Å². The third-order valence-electron chi connectivity index (χ3n) is 2.36. The van der Waals surface area contributed by atoms with Crippen LogP contribution in [0.15, 0.2) is 29.2 Å². The van der Waals surface area contributed by atoms with Crippen LogP contribution in [0.1, 0.15) is 18.5 Å². The molecule has 1 aliphatic heterocycles. The summed E-state index contributed by atoms with van der Waals surface area (Å²) in [5.74, 6) is 1.08. The summed E-state index contributed by atoms with van der Waals surface area (Å²) in [5.41, 5.74) is 1.37. The molecule has 0 saturated heterocycles. The third-order valence-corrected chi connectivity index (χ3v) is 3.54. The highest BCUT2D eigenvalue weighted by atomic mass is 32.2. The Kier molecular flexibility index (Phi) is 3.11. The number of rotatable bonds is 3. The fraction of sp³-hybridized carbons (Fsp3) is 0.455. The Balaban J connectivity index is 2.03. The second-order valence-corrected chi connectivity index (χ2v) is 4.72. The van der Waals surface area contributed by atoms with Crippen molar-refractivity contribution in [1.82, 2.24) is 5.32 Å². The minimum Gasteiger partial charge on any atom is -0.392 e. The minimum atomic E-state index is -0.271. The summed E-state index contributed by atoms with van der Waals surface area (Å²) in [6, 6.07) is 8.87. The van der Waals surface area contributed by atoms with Crippen molar-refractivity contribution in [2.45, 2.75) is 24.0 Å². The molecule has 0 spiro atoms. The van der Waals surface area contributed by atoms with E-state index in [1.807, 2.05) is 11.8 Å². The average Bonchev–Trinajstić information content (AvgIpc) is 2.58. The molecule has 0 aromatic heterocycles. The first-order valence-corrected chi connectivity index (χ1v) is 5.89. The Morgan fingerprint density at radius 1 is 1.57 bits per heavy atom. The van der Waals surface area contributed by atoms with Crippen LogP contribution in [0.5, 0.6) is 0 Å². The van der Waals surface area contributed by atoms with Gasteiger partial charge in [-0.15, -0.1) is 11.8 Å². The van der Waals surface area contributed by atoms with Gasteiger partial charge in [0.05, 0.1) is 6.10 Å². The highest BCUT2D eigenvalue weighted by Gasteiger charge is 2.21. The molecule has 14 heavy (non-hydrogen) atoms. The summed E-state index contributed by atoms with van der Waals surface area (Å²) in [6.07, 6.45) is -0.271. The number of hydrogen-bond donors (Lipinski definition) is 2. The van der Waals surface area contributed by atoms with Crippen LogP contribution in [-0.2, 0) is 0 Å². The maximum Gasteiger partial charge on any atom is 0.0636 e. The van der Waals surface area contributed by atoms with Gasteiger partial charge >= 0.3 is 0 Å². The minimum absolute atomic E-state index is 0.271. The van der Waals surface area contributed by atoms with Gasteiger partial charge in [0.15, 0.2) is 0 Å². The van der Waals surface area contributed by atoms with Crippen LogP contribution in [0.2, 0.25) is 0 Å². The Bertz CT molecular complexity index is 314. The van der Waals surface area contributed by atoms with Gasteiger partial charge in [-0.3, -0.25) is 0 Å². The third kappa shape index (κ3) is 2.11. The molecule has 0 saturated carbocycles. The number of nitrogens with one attached hydrogen (secondary N) is 1. The molecule has 0 bridgehead atoms. The van der Waals surface area contributed by atoms with E-state index < -0.39 is 0 Å². The molecule has 1 aliphatic rings. The van der Waals surface area contributed by atoms with Crippen molar-refractivity contribution < 1.29 is 5.11 Å². The van der Waals surface area contributed by atoms with Gasteiger partial charge in [0.25, 0.3) is 0 Å². The van der Waals surface area contributed by atoms with Gasteiger partial charge in [0.1, 0.15) is 0 Å². The SMILES string of the molecule is CC(O)CNC1CSc2ccccc21. The van der Waals surface area contributed by atoms with Crippen molar-refractivity contribution in [2.75, 3.05) is 12.3 Å². The number of thioether (sulfide) groups is 1. The van der Waals surface area contributed by atoms with Crippen molar-refractivity contribution in [3.63, 3.8) is 0 Å². The zero-order chi connectivity index (χ0) is 9.97. The molecule has 2 unspecified atom stereocenters. The van der Waals surface area contributed by atoms with Gasteiger partial charge < -0.3 is 10.4 Å². The van der Waals surface area contributed by atoms with Crippen molar-refractivity contribution in [3.05, 3.63) is 29.8 Å². The summed E-state index contributed by atoms with van der Waals surface area (Å²) in [6.45, 7) is 2.47. The van der Waals surface area contributed by atoms with Crippen molar-refractivity contribution in [2.24, 2.45) is 0 Å². The molecular weight excluding hydrogens is 194 g/mol. The summed E-state index contributed by atoms with van der Waals surface area (Å²) in [5, 5.41) is 12.6. The molecule has 1 heterocycles. The fourth-order valence-electron chi connectivity index (χ4n) is 1.64. The molecule has 0 radical (unpaired) electrons. The second kappa shape index (κ2) is 4.34. The molecule has 76 valence electrons. The Labute approximate surface area is 88.7 Å². The predicted octanol–water partition coefficient (Wildman–Crippen LogP) is 1.80. The van der Waals surface area contributed by atoms with E-state index in [0.29, 0.717) is 12.6 Å². The number of hydrogen-bond acceptors (Lipinski definition) is 3. The quantitative estimate of drug-likeness (QED) is 0.796. The van der Waals surface area contributed by atoms with Crippen molar-refractivity contribution in [1.29, 1.82) is 0 Å². The molecular formula is C11H15NOS. The lowest BCUT2D eigenvalue weighted by Crippen LogP contribution is -2.28. The highest BCUT2D eigenvalue weighted by molar-refractivity contribution is 7.99. The molecule has 2 atom stereocenters. The van der Waals surface area contributed by atoms with E-state index in [0.717, 1.165) is 5.75 Å². The lowest BCUT2D eigenvalue weighted by molar-refractivity contribution is 0.187. The van der Waals surface area contributed by atoms with Gasteiger partial charge in [-0.25, -0.2) is 0 Å². The molecule has 2 rings (SSSR count). The summed E-state index contributed by atoms with van der Waals surface area (Å²) in [4.78, 5) is 1.37. The smallest absolute Gasteiger partial charge is 0.0636 e. The first-order chi connectivity index (χ1) is 6.77. The monoisotopic (exact) mass is 209 g/mol. The second-order valence-electron chi connectivity index (χ2n) is 3.66. The normalized spacial score (nSPS) is 22.0. The topological polar surface area (TPSA) is 32.3 Å². The lowest BCUT2D eigenvalue weighted by atomic mass is 10.1. The molecule has 0 aliphatic carbocycles. The number of aliphatic hydroxyl groups is 1. The van der Waals surface area contributed by atoms with Crippen LogP contribution >= 0.6 is 11.8 Å². The zero-order valence-corrected chi connectivity index (χ0v) is 9.05. The molecule has 1 aromatic rings. The Hall–Kier alpha value is -0.510. The van der Waals surface area contributed by atoms with Crippen LogP contribution in [0.4, 0.5) is 0 Å². The van der Waals surface area contributed by atoms with Gasteiger partial charge in [0, 0.05) is 23.2 Å².